The summed E-state index contributed by atoms with van der Waals surface area (Å²) in [5.74, 6) is 2.17. The molecular formula is C19H26N4O2. The summed E-state index contributed by atoms with van der Waals surface area (Å²) < 4.78 is 11.5. The Kier molecular flexibility index (Phi) is 5.37. The third-order valence-electron chi connectivity index (χ3n) is 5.28. The van der Waals surface area contributed by atoms with Crippen LogP contribution in [0.5, 0.6) is 0 Å². The minimum absolute atomic E-state index is 0.317. The second-order valence-corrected chi connectivity index (χ2v) is 7.14. The van der Waals surface area contributed by atoms with Gasteiger partial charge in [-0.2, -0.15) is 4.98 Å². The van der Waals surface area contributed by atoms with Crippen LogP contribution in [0.15, 0.2) is 28.9 Å². The molecule has 1 aliphatic heterocycles. The lowest BCUT2D eigenvalue weighted by Crippen LogP contribution is -2.36. The van der Waals surface area contributed by atoms with Gasteiger partial charge in [0.05, 0.1) is 24.9 Å². The standard InChI is InChI=1S/C19H26N4O2/c1-2-6-15(5-1)19-21-18(22-25-19)13-23-11-8-17(9-12-23)24-14-16-7-3-4-10-20-16/h3-4,7,10,15,17H,1-2,5-6,8-9,11-14H2. The Balaban J connectivity index is 1.21. The molecule has 0 bridgehead atoms. The molecule has 2 aromatic heterocycles. The average molecular weight is 342 g/mol. The molecule has 0 spiro atoms. The monoisotopic (exact) mass is 342 g/mol. The zero-order valence-corrected chi connectivity index (χ0v) is 14.6. The van der Waals surface area contributed by atoms with Gasteiger partial charge in [-0.3, -0.25) is 9.88 Å². The fraction of sp³-hybridized carbons (Fsp3) is 0.632. The van der Waals surface area contributed by atoms with E-state index in [2.05, 4.69) is 20.0 Å². The Bertz CT molecular complexity index is 646. The Morgan fingerprint density at radius 3 is 2.72 bits per heavy atom. The van der Waals surface area contributed by atoms with E-state index in [-0.39, 0.29) is 0 Å². The SMILES string of the molecule is c1ccc(COC2CCN(Cc3noc(C4CCCC4)n3)CC2)nc1. The van der Waals surface area contributed by atoms with E-state index in [1.165, 1.54) is 25.7 Å². The zero-order valence-electron chi connectivity index (χ0n) is 14.6. The molecule has 4 rings (SSSR count). The van der Waals surface area contributed by atoms with E-state index in [9.17, 15) is 0 Å². The van der Waals surface area contributed by atoms with Gasteiger partial charge in [0, 0.05) is 25.2 Å². The first kappa shape index (κ1) is 16.7. The number of rotatable bonds is 6. The Hall–Kier alpha value is -1.79. The number of hydrogen-bond donors (Lipinski definition) is 0. The molecule has 1 saturated carbocycles. The maximum absolute atomic E-state index is 6.00. The molecular weight excluding hydrogens is 316 g/mol. The van der Waals surface area contributed by atoms with E-state index in [0.29, 0.717) is 18.6 Å². The van der Waals surface area contributed by atoms with Crippen molar-refractivity contribution < 1.29 is 9.26 Å². The topological polar surface area (TPSA) is 64.3 Å². The van der Waals surface area contributed by atoms with Crippen molar-refractivity contribution in [2.45, 2.75) is 63.7 Å². The van der Waals surface area contributed by atoms with Crippen LogP contribution in [0.2, 0.25) is 0 Å². The Labute approximate surface area is 148 Å². The fourth-order valence-electron chi connectivity index (χ4n) is 3.79. The van der Waals surface area contributed by atoms with Crippen LogP contribution in [0.1, 0.15) is 61.9 Å². The van der Waals surface area contributed by atoms with Crippen LogP contribution >= 0.6 is 0 Å². The first-order chi connectivity index (χ1) is 12.4. The third kappa shape index (κ3) is 4.44. The summed E-state index contributed by atoms with van der Waals surface area (Å²) in [6, 6.07) is 5.93. The van der Waals surface area contributed by atoms with Crippen molar-refractivity contribution in [3.8, 4) is 0 Å². The summed E-state index contributed by atoms with van der Waals surface area (Å²) in [5.41, 5.74) is 0.996. The highest BCUT2D eigenvalue weighted by Crippen LogP contribution is 2.33. The molecule has 6 heteroatoms. The first-order valence-electron chi connectivity index (χ1n) is 9.43. The van der Waals surface area contributed by atoms with Gasteiger partial charge in [-0.05, 0) is 37.8 Å². The van der Waals surface area contributed by atoms with Crippen LogP contribution in [0, 0.1) is 0 Å². The van der Waals surface area contributed by atoms with Gasteiger partial charge in [0.1, 0.15) is 0 Å². The van der Waals surface area contributed by atoms with E-state index >= 15 is 0 Å². The maximum Gasteiger partial charge on any atom is 0.229 e. The lowest BCUT2D eigenvalue weighted by Gasteiger charge is -2.30. The van der Waals surface area contributed by atoms with Gasteiger partial charge in [0.2, 0.25) is 5.89 Å². The second-order valence-electron chi connectivity index (χ2n) is 7.14. The van der Waals surface area contributed by atoms with Gasteiger partial charge in [0.25, 0.3) is 0 Å². The quantitative estimate of drug-likeness (QED) is 0.802. The van der Waals surface area contributed by atoms with Crippen LogP contribution < -0.4 is 0 Å². The van der Waals surface area contributed by atoms with Gasteiger partial charge in [-0.25, -0.2) is 0 Å². The molecule has 1 aliphatic carbocycles. The van der Waals surface area contributed by atoms with E-state index < -0.39 is 0 Å². The number of ether oxygens (including phenoxy) is 1. The van der Waals surface area contributed by atoms with Crippen molar-refractivity contribution >= 4 is 0 Å². The van der Waals surface area contributed by atoms with Crippen molar-refractivity contribution in [1.82, 2.24) is 20.0 Å². The molecule has 0 unspecified atom stereocenters. The van der Waals surface area contributed by atoms with E-state index in [1.54, 1.807) is 0 Å². The number of aromatic nitrogens is 3. The van der Waals surface area contributed by atoms with Crippen molar-refractivity contribution in [1.29, 1.82) is 0 Å². The molecule has 0 amide bonds. The normalized spacial score (nSPS) is 20.3. The number of likely N-dealkylation sites (tertiary alicyclic amines) is 1. The molecule has 25 heavy (non-hydrogen) atoms. The smallest absolute Gasteiger partial charge is 0.229 e. The van der Waals surface area contributed by atoms with Crippen LogP contribution in [0.25, 0.3) is 0 Å². The highest BCUT2D eigenvalue weighted by molar-refractivity contribution is 5.02. The second kappa shape index (κ2) is 8.06. The lowest BCUT2D eigenvalue weighted by molar-refractivity contribution is -0.00574. The highest BCUT2D eigenvalue weighted by atomic mass is 16.5. The molecule has 0 radical (unpaired) electrons. The predicted octanol–water partition coefficient (Wildman–Crippen LogP) is 3.30. The van der Waals surface area contributed by atoms with Gasteiger partial charge in [-0.15, -0.1) is 0 Å². The first-order valence-corrected chi connectivity index (χ1v) is 9.43. The number of pyridine rings is 1. The zero-order chi connectivity index (χ0) is 16.9. The van der Waals surface area contributed by atoms with Crippen molar-refractivity contribution in [3.05, 3.63) is 41.8 Å². The predicted molar refractivity (Wildman–Crippen MR) is 92.8 cm³/mol. The van der Waals surface area contributed by atoms with Crippen LogP contribution in [-0.2, 0) is 17.9 Å². The molecule has 2 fully saturated rings. The summed E-state index contributed by atoms with van der Waals surface area (Å²) in [4.78, 5) is 11.3. The maximum atomic E-state index is 6.00. The molecule has 0 atom stereocenters. The number of piperidine rings is 1. The summed E-state index contributed by atoms with van der Waals surface area (Å²) in [5, 5.41) is 4.18. The van der Waals surface area contributed by atoms with Crippen molar-refractivity contribution in [3.63, 3.8) is 0 Å². The third-order valence-corrected chi connectivity index (χ3v) is 5.28. The summed E-state index contributed by atoms with van der Waals surface area (Å²) in [6.07, 6.45) is 9.17. The molecule has 0 aromatic carbocycles. The lowest BCUT2D eigenvalue weighted by atomic mass is 10.1. The van der Waals surface area contributed by atoms with Gasteiger partial charge in [-0.1, -0.05) is 24.1 Å². The van der Waals surface area contributed by atoms with Crippen LogP contribution in [0.3, 0.4) is 0 Å². The number of nitrogens with zero attached hydrogens (tertiary/aromatic N) is 4. The van der Waals surface area contributed by atoms with E-state index in [4.69, 9.17) is 9.26 Å². The molecule has 1 saturated heterocycles. The molecule has 134 valence electrons. The van der Waals surface area contributed by atoms with Crippen molar-refractivity contribution in [2.24, 2.45) is 0 Å². The van der Waals surface area contributed by atoms with Gasteiger partial charge >= 0.3 is 0 Å². The molecule has 3 heterocycles. The number of hydrogen-bond acceptors (Lipinski definition) is 6. The van der Waals surface area contributed by atoms with Gasteiger partial charge in [0.15, 0.2) is 5.82 Å². The van der Waals surface area contributed by atoms with E-state index in [1.807, 2.05) is 24.4 Å². The van der Waals surface area contributed by atoms with Crippen LogP contribution in [0.4, 0.5) is 0 Å². The largest absolute Gasteiger partial charge is 0.372 e. The molecule has 2 aromatic rings. The summed E-state index contributed by atoms with van der Waals surface area (Å²) >= 11 is 0. The highest BCUT2D eigenvalue weighted by Gasteiger charge is 2.25. The Morgan fingerprint density at radius 1 is 1.12 bits per heavy atom. The summed E-state index contributed by atoms with van der Waals surface area (Å²) in [7, 11) is 0. The van der Waals surface area contributed by atoms with Crippen molar-refractivity contribution in [2.75, 3.05) is 13.1 Å². The Morgan fingerprint density at radius 2 is 1.96 bits per heavy atom. The molecule has 0 N–H and O–H groups in total. The molecule has 2 aliphatic rings. The summed E-state index contributed by atoms with van der Waals surface area (Å²) in [6.45, 7) is 3.41. The van der Waals surface area contributed by atoms with E-state index in [0.717, 1.165) is 49.9 Å². The minimum atomic E-state index is 0.317. The fourth-order valence-corrected chi connectivity index (χ4v) is 3.79. The molecule has 6 nitrogen and oxygen atoms in total. The van der Waals surface area contributed by atoms with Gasteiger partial charge < -0.3 is 9.26 Å². The average Bonchev–Trinajstić information content (AvgIpc) is 3.34. The minimum Gasteiger partial charge on any atom is -0.372 e. The van der Waals surface area contributed by atoms with Crippen LogP contribution in [-0.4, -0.2) is 39.2 Å².